The molecular weight excluding hydrogens is 266 g/mol. The van der Waals surface area contributed by atoms with Gasteiger partial charge < -0.3 is 20.1 Å². The summed E-state index contributed by atoms with van der Waals surface area (Å²) in [4.78, 5) is 22.9. The summed E-state index contributed by atoms with van der Waals surface area (Å²) in [6.45, 7) is 0.908. The van der Waals surface area contributed by atoms with Crippen LogP contribution in [0.2, 0.25) is 0 Å². The third-order valence-corrected chi connectivity index (χ3v) is 2.91. The Balaban J connectivity index is 3.01. The van der Waals surface area contributed by atoms with Gasteiger partial charge >= 0.3 is 11.9 Å². The molecule has 1 rings (SSSR count). The summed E-state index contributed by atoms with van der Waals surface area (Å²) in [5, 5.41) is 27.2. The van der Waals surface area contributed by atoms with Gasteiger partial charge in [0.05, 0.1) is 20.2 Å². The fourth-order valence-electron chi connectivity index (χ4n) is 1.84. The number of hydrogen-bond donors (Lipinski definition) is 3. The van der Waals surface area contributed by atoms with Crippen molar-refractivity contribution in [3.63, 3.8) is 0 Å². The second kappa shape index (κ2) is 6.76. The van der Waals surface area contributed by atoms with Crippen molar-refractivity contribution in [3.8, 4) is 11.5 Å². The summed E-state index contributed by atoms with van der Waals surface area (Å²) in [5.74, 6) is -2.00. The van der Waals surface area contributed by atoms with Gasteiger partial charge in [-0.05, 0) is 24.6 Å². The van der Waals surface area contributed by atoms with Crippen LogP contribution in [0.15, 0.2) is 18.2 Å². The van der Waals surface area contributed by atoms with Gasteiger partial charge in [0.15, 0.2) is 11.5 Å². The molecule has 20 heavy (non-hydrogen) atoms. The molecule has 0 aromatic heterocycles. The summed E-state index contributed by atoms with van der Waals surface area (Å²) >= 11 is 0. The number of carboxylic acid groups (broad SMARTS) is 2. The molecule has 0 spiro atoms. The van der Waals surface area contributed by atoms with E-state index in [4.69, 9.17) is 14.9 Å². The Morgan fingerprint density at radius 1 is 1.25 bits per heavy atom. The zero-order chi connectivity index (χ0) is 15.3. The standard InChI is InChI=1S/C13H17NO6/c1-8(14(6-12(16)17)7-13(18)19)9-3-4-10(15)11(5-9)20-2/h3-5,8,15H,6-7H2,1-2H3,(H,16,17)(H,18,19). The molecule has 0 fully saturated rings. The van der Waals surface area contributed by atoms with Crippen molar-refractivity contribution < 1.29 is 29.6 Å². The topological polar surface area (TPSA) is 107 Å². The summed E-state index contributed by atoms with van der Waals surface area (Å²) < 4.78 is 4.98. The molecule has 0 heterocycles. The summed E-state index contributed by atoms with van der Waals surface area (Å²) in [6, 6.07) is 4.12. The fraction of sp³-hybridized carbons (Fsp3) is 0.385. The summed E-state index contributed by atoms with van der Waals surface area (Å²) in [6.07, 6.45) is 0. The van der Waals surface area contributed by atoms with E-state index in [0.717, 1.165) is 0 Å². The Morgan fingerprint density at radius 2 is 1.80 bits per heavy atom. The zero-order valence-electron chi connectivity index (χ0n) is 11.2. The zero-order valence-corrected chi connectivity index (χ0v) is 11.2. The van der Waals surface area contributed by atoms with Gasteiger partial charge in [0, 0.05) is 6.04 Å². The van der Waals surface area contributed by atoms with Gasteiger partial charge in [-0.3, -0.25) is 14.5 Å². The third kappa shape index (κ3) is 4.13. The summed E-state index contributed by atoms with van der Waals surface area (Å²) in [7, 11) is 1.40. The molecule has 7 nitrogen and oxygen atoms in total. The smallest absolute Gasteiger partial charge is 0.317 e. The van der Waals surface area contributed by atoms with Crippen LogP contribution in [0, 0.1) is 0 Å². The van der Waals surface area contributed by atoms with Gasteiger partial charge in [0.2, 0.25) is 0 Å². The van der Waals surface area contributed by atoms with E-state index in [-0.39, 0.29) is 11.5 Å². The molecule has 0 saturated heterocycles. The van der Waals surface area contributed by atoms with E-state index >= 15 is 0 Å². The van der Waals surface area contributed by atoms with E-state index in [0.29, 0.717) is 5.56 Å². The second-order valence-corrected chi connectivity index (χ2v) is 4.30. The van der Waals surface area contributed by atoms with E-state index in [1.54, 1.807) is 19.1 Å². The van der Waals surface area contributed by atoms with Crippen molar-refractivity contribution in [2.45, 2.75) is 13.0 Å². The number of phenolic OH excluding ortho intramolecular Hbond substituents is 1. The fourth-order valence-corrected chi connectivity index (χ4v) is 1.84. The van der Waals surface area contributed by atoms with E-state index in [9.17, 15) is 14.7 Å². The van der Waals surface area contributed by atoms with Crippen LogP contribution in [0.4, 0.5) is 0 Å². The Morgan fingerprint density at radius 3 is 2.25 bits per heavy atom. The number of carbonyl (C=O) groups is 2. The average molecular weight is 283 g/mol. The molecule has 0 radical (unpaired) electrons. The van der Waals surface area contributed by atoms with Crippen LogP contribution in [0.1, 0.15) is 18.5 Å². The lowest BCUT2D eigenvalue weighted by Crippen LogP contribution is -2.36. The van der Waals surface area contributed by atoms with Crippen molar-refractivity contribution in [3.05, 3.63) is 23.8 Å². The quantitative estimate of drug-likeness (QED) is 0.683. The lowest BCUT2D eigenvalue weighted by atomic mass is 10.1. The number of aliphatic carboxylic acids is 2. The van der Waals surface area contributed by atoms with Crippen LogP contribution in [0.3, 0.4) is 0 Å². The molecule has 1 aromatic rings. The molecule has 7 heteroatoms. The van der Waals surface area contributed by atoms with E-state index in [2.05, 4.69) is 0 Å². The first kappa shape index (κ1) is 15.8. The van der Waals surface area contributed by atoms with E-state index in [1.165, 1.54) is 18.1 Å². The van der Waals surface area contributed by atoms with Gasteiger partial charge in [-0.1, -0.05) is 6.07 Å². The second-order valence-electron chi connectivity index (χ2n) is 4.30. The number of phenols is 1. The predicted octanol–water partition coefficient (Wildman–Crippen LogP) is 0.933. The number of ether oxygens (including phenoxy) is 1. The highest BCUT2D eigenvalue weighted by molar-refractivity contribution is 5.72. The lowest BCUT2D eigenvalue weighted by molar-refractivity contribution is -0.142. The highest BCUT2D eigenvalue weighted by Crippen LogP contribution is 2.30. The summed E-state index contributed by atoms with van der Waals surface area (Å²) in [5.41, 5.74) is 0.655. The number of aromatic hydroxyl groups is 1. The Kier molecular flexibility index (Phi) is 5.33. The van der Waals surface area contributed by atoms with Crippen LogP contribution in [-0.2, 0) is 9.59 Å². The van der Waals surface area contributed by atoms with Crippen LogP contribution in [0.25, 0.3) is 0 Å². The van der Waals surface area contributed by atoms with Crippen LogP contribution in [-0.4, -0.2) is 52.4 Å². The molecular formula is C13H17NO6. The number of methoxy groups -OCH3 is 1. The van der Waals surface area contributed by atoms with Crippen molar-refractivity contribution in [1.82, 2.24) is 4.90 Å². The number of rotatable bonds is 7. The van der Waals surface area contributed by atoms with Crippen molar-refractivity contribution >= 4 is 11.9 Å². The monoisotopic (exact) mass is 283 g/mol. The third-order valence-electron chi connectivity index (χ3n) is 2.91. The molecule has 3 N–H and O–H groups in total. The maximum absolute atomic E-state index is 10.8. The molecule has 0 amide bonds. The van der Waals surface area contributed by atoms with Crippen molar-refractivity contribution in [2.24, 2.45) is 0 Å². The van der Waals surface area contributed by atoms with Crippen molar-refractivity contribution in [1.29, 1.82) is 0 Å². The van der Waals surface area contributed by atoms with Gasteiger partial charge in [0.25, 0.3) is 0 Å². The highest BCUT2D eigenvalue weighted by atomic mass is 16.5. The van der Waals surface area contributed by atoms with Crippen molar-refractivity contribution in [2.75, 3.05) is 20.2 Å². The SMILES string of the molecule is COc1cc(C(C)N(CC(=O)O)CC(=O)O)ccc1O. The minimum Gasteiger partial charge on any atom is -0.504 e. The average Bonchev–Trinajstić information content (AvgIpc) is 2.36. The van der Waals surface area contributed by atoms with Crippen LogP contribution >= 0.6 is 0 Å². The number of hydrogen-bond acceptors (Lipinski definition) is 5. The molecule has 0 aliphatic heterocycles. The number of carboxylic acids is 2. The van der Waals surface area contributed by atoms with Gasteiger partial charge in [-0.15, -0.1) is 0 Å². The molecule has 0 aliphatic carbocycles. The number of nitrogens with zero attached hydrogens (tertiary/aromatic N) is 1. The molecule has 1 atom stereocenters. The normalized spacial score (nSPS) is 12.2. The van der Waals surface area contributed by atoms with Crippen LogP contribution in [0.5, 0.6) is 11.5 Å². The first-order valence-corrected chi connectivity index (χ1v) is 5.89. The lowest BCUT2D eigenvalue weighted by Gasteiger charge is -2.26. The maximum atomic E-state index is 10.8. The van der Waals surface area contributed by atoms with Crippen LogP contribution < -0.4 is 4.74 Å². The minimum atomic E-state index is -1.11. The van der Waals surface area contributed by atoms with E-state index in [1.807, 2.05) is 0 Å². The molecule has 110 valence electrons. The molecule has 0 aliphatic rings. The Labute approximate surface area is 116 Å². The Bertz CT molecular complexity index is 486. The van der Waals surface area contributed by atoms with Gasteiger partial charge in [-0.25, -0.2) is 0 Å². The molecule has 0 saturated carbocycles. The molecule has 0 bridgehead atoms. The maximum Gasteiger partial charge on any atom is 0.317 e. The Hall–Kier alpha value is -2.28. The van der Waals surface area contributed by atoms with Gasteiger partial charge in [0.1, 0.15) is 0 Å². The number of benzene rings is 1. The highest BCUT2D eigenvalue weighted by Gasteiger charge is 2.21. The molecule has 1 unspecified atom stereocenters. The predicted molar refractivity (Wildman–Crippen MR) is 69.9 cm³/mol. The van der Waals surface area contributed by atoms with Gasteiger partial charge in [-0.2, -0.15) is 0 Å². The largest absolute Gasteiger partial charge is 0.504 e. The molecule has 1 aromatic carbocycles. The first-order chi connectivity index (χ1) is 9.35. The van der Waals surface area contributed by atoms with E-state index < -0.39 is 31.1 Å². The first-order valence-electron chi connectivity index (χ1n) is 5.89. The minimum absolute atomic E-state index is 0.0357.